The molecule has 0 saturated carbocycles. The number of nitrogens with zero attached hydrogens (tertiary/aromatic N) is 2. The number of ether oxygens (including phenoxy) is 1. The standard InChI is InChI=1S/C26H21ClN2O4/c1-15-11-19-12-18(5-6-21(19)33-15)24(30)22-23(17-3-2-4-20(27)13-17)29(26(32)25(22)31)14-16-7-9-28-10-8-16/h2-10,12-13,15,23,30H,11,14H2,1H3/t15-,23+/m0/s1. The van der Waals surface area contributed by atoms with Crippen molar-refractivity contribution in [2.45, 2.75) is 32.0 Å². The van der Waals surface area contributed by atoms with Gasteiger partial charge >= 0.3 is 0 Å². The van der Waals surface area contributed by atoms with E-state index in [1.54, 1.807) is 60.9 Å². The highest BCUT2D eigenvalue weighted by molar-refractivity contribution is 6.46. The lowest BCUT2D eigenvalue weighted by atomic mass is 9.94. The third kappa shape index (κ3) is 3.87. The number of halogens is 1. The SMILES string of the molecule is C[C@H]1Cc2cc(C(O)=C3C(=O)C(=O)N(Cc4ccncc4)[C@@H]3c3cccc(Cl)c3)ccc2O1. The molecule has 6 nitrogen and oxygen atoms in total. The summed E-state index contributed by atoms with van der Waals surface area (Å²) in [5.74, 6) is -0.838. The minimum Gasteiger partial charge on any atom is -0.507 e. The molecule has 1 N–H and O–H groups in total. The molecular weight excluding hydrogens is 440 g/mol. The number of likely N-dealkylation sites (tertiary alicyclic amines) is 1. The van der Waals surface area contributed by atoms with Crippen molar-refractivity contribution in [3.05, 3.63) is 99.8 Å². The number of aliphatic hydroxyl groups is 1. The van der Waals surface area contributed by atoms with Crippen LogP contribution in [0.15, 0.2) is 72.6 Å². The van der Waals surface area contributed by atoms with Crippen molar-refractivity contribution in [3.63, 3.8) is 0 Å². The highest BCUT2D eigenvalue weighted by Crippen LogP contribution is 2.41. The number of aromatic nitrogens is 1. The summed E-state index contributed by atoms with van der Waals surface area (Å²) in [7, 11) is 0. The van der Waals surface area contributed by atoms with Crippen LogP contribution in [0.25, 0.3) is 5.76 Å². The van der Waals surface area contributed by atoms with Crippen LogP contribution in [0.4, 0.5) is 0 Å². The van der Waals surface area contributed by atoms with Crippen LogP contribution in [-0.4, -0.2) is 32.8 Å². The summed E-state index contributed by atoms with van der Waals surface area (Å²) in [6.45, 7) is 2.17. The molecule has 2 atom stereocenters. The monoisotopic (exact) mass is 460 g/mol. The number of aliphatic hydroxyl groups excluding tert-OH is 1. The fourth-order valence-electron chi connectivity index (χ4n) is 4.48. The van der Waals surface area contributed by atoms with Gasteiger partial charge in [0.1, 0.15) is 17.6 Å². The summed E-state index contributed by atoms with van der Waals surface area (Å²) >= 11 is 6.24. The van der Waals surface area contributed by atoms with Gasteiger partial charge in [0, 0.05) is 35.9 Å². The van der Waals surface area contributed by atoms with Gasteiger partial charge in [-0.25, -0.2) is 0 Å². The first kappa shape index (κ1) is 21.2. The predicted molar refractivity (Wildman–Crippen MR) is 124 cm³/mol. The number of amides is 1. The highest BCUT2D eigenvalue weighted by Gasteiger charge is 2.46. The maximum atomic E-state index is 13.2. The molecule has 5 rings (SSSR count). The second-order valence-corrected chi connectivity index (χ2v) is 8.73. The Hall–Kier alpha value is -3.64. The fourth-order valence-corrected chi connectivity index (χ4v) is 4.67. The minimum absolute atomic E-state index is 0.0447. The Morgan fingerprint density at radius 2 is 1.94 bits per heavy atom. The molecule has 1 aromatic heterocycles. The number of rotatable bonds is 4. The predicted octanol–water partition coefficient (Wildman–Crippen LogP) is 4.68. The zero-order chi connectivity index (χ0) is 23.1. The normalized spacial score (nSPS) is 21.2. The summed E-state index contributed by atoms with van der Waals surface area (Å²) in [5, 5.41) is 11.8. The lowest BCUT2D eigenvalue weighted by molar-refractivity contribution is -0.140. The van der Waals surface area contributed by atoms with Crippen molar-refractivity contribution in [1.82, 2.24) is 9.88 Å². The van der Waals surface area contributed by atoms with Crippen molar-refractivity contribution in [2.75, 3.05) is 0 Å². The summed E-state index contributed by atoms with van der Waals surface area (Å²) in [6, 6.07) is 15.1. The van der Waals surface area contributed by atoms with Gasteiger partial charge in [0.25, 0.3) is 11.7 Å². The summed E-state index contributed by atoms with van der Waals surface area (Å²) in [4.78, 5) is 31.8. The van der Waals surface area contributed by atoms with Gasteiger partial charge in [0.15, 0.2) is 0 Å². The quantitative estimate of drug-likeness (QED) is 0.347. The van der Waals surface area contributed by atoms with Crippen LogP contribution < -0.4 is 4.74 Å². The van der Waals surface area contributed by atoms with Gasteiger partial charge in [0.05, 0.1) is 11.6 Å². The van der Waals surface area contributed by atoms with E-state index in [1.165, 1.54) is 4.90 Å². The van der Waals surface area contributed by atoms with E-state index in [9.17, 15) is 14.7 Å². The summed E-state index contributed by atoms with van der Waals surface area (Å²) in [5.41, 5.74) is 2.94. The Bertz CT molecular complexity index is 1290. The number of benzene rings is 2. The second kappa shape index (κ2) is 8.37. The van der Waals surface area contributed by atoms with E-state index in [0.717, 1.165) is 16.9 Å². The molecule has 0 unspecified atom stereocenters. The topological polar surface area (TPSA) is 79.7 Å². The van der Waals surface area contributed by atoms with Crippen LogP contribution in [0, 0.1) is 0 Å². The van der Waals surface area contributed by atoms with Crippen LogP contribution in [0.2, 0.25) is 5.02 Å². The molecule has 0 aliphatic carbocycles. The van der Waals surface area contributed by atoms with Crippen LogP contribution >= 0.6 is 11.6 Å². The first-order valence-electron chi connectivity index (χ1n) is 10.6. The number of carbonyl (C=O) groups excluding carboxylic acids is 2. The first-order valence-corrected chi connectivity index (χ1v) is 11.0. The molecule has 3 aromatic rings. The number of carbonyl (C=O) groups is 2. The largest absolute Gasteiger partial charge is 0.507 e. The number of pyridine rings is 1. The fraction of sp³-hybridized carbons (Fsp3) is 0.192. The van der Waals surface area contributed by atoms with E-state index in [0.29, 0.717) is 22.6 Å². The highest BCUT2D eigenvalue weighted by atomic mass is 35.5. The average Bonchev–Trinajstić information content (AvgIpc) is 3.30. The van der Waals surface area contributed by atoms with E-state index >= 15 is 0 Å². The van der Waals surface area contributed by atoms with Crippen molar-refractivity contribution >= 4 is 29.1 Å². The molecule has 3 heterocycles. The van der Waals surface area contributed by atoms with E-state index in [-0.39, 0.29) is 24.0 Å². The van der Waals surface area contributed by atoms with Gasteiger partial charge in [-0.15, -0.1) is 0 Å². The molecular formula is C26H21ClN2O4. The molecule has 0 radical (unpaired) electrons. The Balaban J connectivity index is 1.64. The van der Waals surface area contributed by atoms with Gasteiger partial charge < -0.3 is 14.7 Å². The van der Waals surface area contributed by atoms with Gasteiger partial charge in [-0.3, -0.25) is 14.6 Å². The Kier molecular flexibility index (Phi) is 5.38. The average molecular weight is 461 g/mol. The summed E-state index contributed by atoms with van der Waals surface area (Å²) in [6.07, 6.45) is 4.03. The third-order valence-corrected chi connectivity index (χ3v) is 6.21. The maximum Gasteiger partial charge on any atom is 0.295 e. The molecule has 2 aromatic carbocycles. The van der Waals surface area contributed by atoms with Crippen LogP contribution in [-0.2, 0) is 22.6 Å². The zero-order valence-electron chi connectivity index (χ0n) is 17.9. The Morgan fingerprint density at radius 1 is 1.15 bits per heavy atom. The van der Waals surface area contributed by atoms with Gasteiger partial charge in [-0.2, -0.15) is 0 Å². The van der Waals surface area contributed by atoms with Crippen molar-refractivity contribution in [3.8, 4) is 5.75 Å². The van der Waals surface area contributed by atoms with Crippen LogP contribution in [0.1, 0.15) is 35.2 Å². The number of Topliss-reactive ketones (excluding diaryl/α,β-unsaturated/α-hetero) is 1. The van der Waals surface area contributed by atoms with E-state index in [4.69, 9.17) is 16.3 Å². The first-order chi connectivity index (χ1) is 15.9. The summed E-state index contributed by atoms with van der Waals surface area (Å²) < 4.78 is 5.75. The molecule has 1 amide bonds. The van der Waals surface area contributed by atoms with Gasteiger partial charge in [-0.1, -0.05) is 23.7 Å². The number of ketones is 1. The van der Waals surface area contributed by atoms with E-state index in [1.807, 2.05) is 13.0 Å². The molecule has 2 aliphatic rings. The molecule has 1 saturated heterocycles. The van der Waals surface area contributed by atoms with Gasteiger partial charge in [-0.05, 0) is 66.1 Å². The molecule has 0 bridgehead atoms. The second-order valence-electron chi connectivity index (χ2n) is 8.29. The van der Waals surface area contributed by atoms with Crippen LogP contribution in [0.5, 0.6) is 5.75 Å². The van der Waals surface area contributed by atoms with Crippen LogP contribution in [0.3, 0.4) is 0 Å². The number of fused-ring (bicyclic) bond motifs is 1. The lowest BCUT2D eigenvalue weighted by Gasteiger charge is -2.25. The molecule has 166 valence electrons. The Morgan fingerprint density at radius 3 is 2.70 bits per heavy atom. The zero-order valence-corrected chi connectivity index (χ0v) is 18.6. The molecule has 2 aliphatic heterocycles. The minimum atomic E-state index is -0.778. The smallest absolute Gasteiger partial charge is 0.295 e. The maximum absolute atomic E-state index is 13.2. The lowest BCUT2D eigenvalue weighted by Crippen LogP contribution is -2.29. The number of hydrogen-bond acceptors (Lipinski definition) is 5. The van der Waals surface area contributed by atoms with E-state index < -0.39 is 17.7 Å². The molecule has 7 heteroatoms. The van der Waals surface area contributed by atoms with Crippen molar-refractivity contribution < 1.29 is 19.4 Å². The van der Waals surface area contributed by atoms with E-state index in [2.05, 4.69) is 4.98 Å². The van der Waals surface area contributed by atoms with Crippen molar-refractivity contribution in [2.24, 2.45) is 0 Å². The molecule has 1 fully saturated rings. The molecule has 0 spiro atoms. The number of hydrogen-bond donors (Lipinski definition) is 1. The van der Waals surface area contributed by atoms with Gasteiger partial charge in [0.2, 0.25) is 0 Å². The third-order valence-electron chi connectivity index (χ3n) is 5.98. The van der Waals surface area contributed by atoms with Crippen molar-refractivity contribution in [1.29, 1.82) is 0 Å². The molecule has 33 heavy (non-hydrogen) atoms. The Labute approximate surface area is 196 Å².